The van der Waals surface area contributed by atoms with Crippen LogP contribution in [-0.4, -0.2) is 17.4 Å². The summed E-state index contributed by atoms with van der Waals surface area (Å²) in [6.45, 7) is 2.68. The monoisotopic (exact) mass is 245 g/mol. The first-order valence-electron chi connectivity index (χ1n) is 6.26. The molecule has 1 aromatic heterocycles. The van der Waals surface area contributed by atoms with Crippen molar-refractivity contribution in [3.05, 3.63) is 30.5 Å². The molecule has 2 rings (SSSR count). The van der Waals surface area contributed by atoms with Gasteiger partial charge in [0.1, 0.15) is 0 Å². The number of anilines is 1. The standard InChI is InChI=1S/C14H19N3O/c1-10(9-15)2-5-14(18)17-12-3-4-13-11(8-12)6-7-16-13/h3-4,6-8,10,16H,2,5,9,15H2,1H3,(H,17,18). The molecule has 1 aromatic carbocycles. The van der Waals surface area contributed by atoms with Crippen LogP contribution >= 0.6 is 0 Å². The van der Waals surface area contributed by atoms with Crippen LogP contribution in [0.2, 0.25) is 0 Å². The second-order valence-electron chi connectivity index (χ2n) is 4.71. The van der Waals surface area contributed by atoms with Gasteiger partial charge in [-0.15, -0.1) is 0 Å². The third-order valence-corrected chi connectivity index (χ3v) is 3.10. The number of fused-ring (bicyclic) bond motifs is 1. The van der Waals surface area contributed by atoms with Crippen molar-refractivity contribution in [2.24, 2.45) is 11.7 Å². The molecule has 0 saturated carbocycles. The quantitative estimate of drug-likeness (QED) is 0.757. The maximum atomic E-state index is 11.7. The lowest BCUT2D eigenvalue weighted by Gasteiger charge is -2.08. The van der Waals surface area contributed by atoms with Gasteiger partial charge in [-0.1, -0.05) is 6.92 Å². The summed E-state index contributed by atoms with van der Waals surface area (Å²) in [5.74, 6) is 0.438. The highest BCUT2D eigenvalue weighted by atomic mass is 16.1. The van der Waals surface area contributed by atoms with E-state index >= 15 is 0 Å². The molecule has 0 spiro atoms. The van der Waals surface area contributed by atoms with E-state index in [2.05, 4.69) is 17.2 Å². The molecule has 18 heavy (non-hydrogen) atoms. The van der Waals surface area contributed by atoms with Crippen LogP contribution in [0.5, 0.6) is 0 Å². The molecule has 1 amide bonds. The number of H-pyrrole nitrogens is 1. The van der Waals surface area contributed by atoms with Crippen LogP contribution in [0.15, 0.2) is 30.5 Å². The molecule has 4 heteroatoms. The zero-order valence-electron chi connectivity index (χ0n) is 10.6. The van der Waals surface area contributed by atoms with Crippen molar-refractivity contribution in [3.63, 3.8) is 0 Å². The Morgan fingerprint density at radius 3 is 3.06 bits per heavy atom. The largest absolute Gasteiger partial charge is 0.361 e. The van der Waals surface area contributed by atoms with Gasteiger partial charge in [0, 0.05) is 29.2 Å². The molecule has 2 aromatic rings. The Bertz CT molecular complexity index is 533. The van der Waals surface area contributed by atoms with Crippen molar-refractivity contribution in [2.45, 2.75) is 19.8 Å². The Morgan fingerprint density at radius 2 is 2.28 bits per heavy atom. The summed E-state index contributed by atoms with van der Waals surface area (Å²) in [7, 11) is 0. The Morgan fingerprint density at radius 1 is 1.44 bits per heavy atom. The molecule has 0 aliphatic rings. The minimum absolute atomic E-state index is 0.0465. The number of hydrogen-bond acceptors (Lipinski definition) is 2. The molecular weight excluding hydrogens is 226 g/mol. The van der Waals surface area contributed by atoms with Crippen LogP contribution in [0, 0.1) is 5.92 Å². The summed E-state index contributed by atoms with van der Waals surface area (Å²) in [6.07, 6.45) is 3.23. The van der Waals surface area contributed by atoms with Gasteiger partial charge in [-0.2, -0.15) is 0 Å². The van der Waals surface area contributed by atoms with Crippen LogP contribution in [0.3, 0.4) is 0 Å². The minimum Gasteiger partial charge on any atom is -0.361 e. The third-order valence-electron chi connectivity index (χ3n) is 3.10. The molecule has 4 N–H and O–H groups in total. The highest BCUT2D eigenvalue weighted by Gasteiger charge is 2.06. The zero-order valence-corrected chi connectivity index (χ0v) is 10.6. The van der Waals surface area contributed by atoms with Crippen LogP contribution in [-0.2, 0) is 4.79 Å². The molecule has 96 valence electrons. The molecule has 1 atom stereocenters. The van der Waals surface area contributed by atoms with E-state index in [1.165, 1.54) is 0 Å². The van der Waals surface area contributed by atoms with Gasteiger partial charge in [-0.3, -0.25) is 4.79 Å². The number of aromatic amines is 1. The minimum atomic E-state index is 0.0465. The van der Waals surface area contributed by atoms with Gasteiger partial charge >= 0.3 is 0 Å². The fourth-order valence-corrected chi connectivity index (χ4v) is 1.85. The molecule has 0 aliphatic heterocycles. The second kappa shape index (κ2) is 5.69. The lowest BCUT2D eigenvalue weighted by atomic mass is 10.1. The van der Waals surface area contributed by atoms with E-state index in [4.69, 9.17) is 5.73 Å². The summed E-state index contributed by atoms with van der Waals surface area (Å²) in [5, 5.41) is 4.01. The number of rotatable bonds is 5. The molecule has 0 saturated heterocycles. The van der Waals surface area contributed by atoms with E-state index in [1.54, 1.807) is 0 Å². The second-order valence-corrected chi connectivity index (χ2v) is 4.71. The van der Waals surface area contributed by atoms with Gasteiger partial charge in [0.05, 0.1) is 0 Å². The van der Waals surface area contributed by atoms with Crippen molar-refractivity contribution in [3.8, 4) is 0 Å². The van der Waals surface area contributed by atoms with Gasteiger partial charge in [0.25, 0.3) is 0 Å². The van der Waals surface area contributed by atoms with Crippen molar-refractivity contribution in [1.82, 2.24) is 4.98 Å². The maximum Gasteiger partial charge on any atom is 0.224 e. The fourth-order valence-electron chi connectivity index (χ4n) is 1.85. The van der Waals surface area contributed by atoms with E-state index < -0.39 is 0 Å². The number of hydrogen-bond donors (Lipinski definition) is 3. The Hall–Kier alpha value is -1.81. The van der Waals surface area contributed by atoms with Crippen molar-refractivity contribution in [2.75, 3.05) is 11.9 Å². The topological polar surface area (TPSA) is 70.9 Å². The summed E-state index contributed by atoms with van der Waals surface area (Å²) < 4.78 is 0. The van der Waals surface area contributed by atoms with Crippen LogP contribution in [0.25, 0.3) is 10.9 Å². The normalized spacial score (nSPS) is 12.6. The molecule has 1 unspecified atom stereocenters. The third kappa shape index (κ3) is 3.11. The SMILES string of the molecule is CC(CN)CCC(=O)Nc1ccc2[nH]ccc2c1. The average molecular weight is 245 g/mol. The first-order chi connectivity index (χ1) is 8.69. The number of amides is 1. The van der Waals surface area contributed by atoms with Gasteiger partial charge in [0.2, 0.25) is 5.91 Å². The summed E-state index contributed by atoms with van der Waals surface area (Å²) in [5.41, 5.74) is 7.44. The molecule has 0 radical (unpaired) electrons. The molecular formula is C14H19N3O. The number of carbonyl (C=O) groups excluding carboxylic acids is 1. The summed E-state index contributed by atoms with van der Waals surface area (Å²) >= 11 is 0. The average Bonchev–Trinajstić information content (AvgIpc) is 2.83. The van der Waals surface area contributed by atoms with Gasteiger partial charge in [-0.25, -0.2) is 0 Å². The first kappa shape index (κ1) is 12.6. The van der Waals surface area contributed by atoms with E-state index in [-0.39, 0.29) is 5.91 Å². The molecule has 0 bridgehead atoms. The van der Waals surface area contributed by atoms with Crippen LogP contribution in [0.1, 0.15) is 19.8 Å². The van der Waals surface area contributed by atoms with Crippen molar-refractivity contribution >= 4 is 22.5 Å². The van der Waals surface area contributed by atoms with E-state index in [0.717, 1.165) is 23.0 Å². The summed E-state index contributed by atoms with van der Waals surface area (Å²) in [6, 6.07) is 7.83. The van der Waals surface area contributed by atoms with Crippen molar-refractivity contribution < 1.29 is 4.79 Å². The van der Waals surface area contributed by atoms with Gasteiger partial charge in [-0.05, 0) is 43.1 Å². The smallest absolute Gasteiger partial charge is 0.224 e. The number of aromatic nitrogens is 1. The van der Waals surface area contributed by atoms with Gasteiger partial charge < -0.3 is 16.0 Å². The molecule has 1 heterocycles. The Kier molecular flexibility index (Phi) is 3.99. The highest BCUT2D eigenvalue weighted by Crippen LogP contribution is 2.18. The Labute approximate surface area is 107 Å². The lowest BCUT2D eigenvalue weighted by Crippen LogP contribution is -2.16. The number of carbonyl (C=O) groups is 1. The molecule has 0 aliphatic carbocycles. The number of benzene rings is 1. The van der Waals surface area contributed by atoms with Crippen molar-refractivity contribution in [1.29, 1.82) is 0 Å². The zero-order chi connectivity index (χ0) is 13.0. The molecule has 4 nitrogen and oxygen atoms in total. The Balaban J connectivity index is 1.94. The maximum absolute atomic E-state index is 11.7. The predicted octanol–water partition coefficient (Wildman–Crippen LogP) is 2.48. The number of nitrogens with one attached hydrogen (secondary N) is 2. The molecule has 0 fully saturated rings. The van der Waals surface area contributed by atoms with Crippen LogP contribution in [0.4, 0.5) is 5.69 Å². The number of nitrogens with two attached hydrogens (primary N) is 1. The lowest BCUT2D eigenvalue weighted by molar-refractivity contribution is -0.116. The van der Waals surface area contributed by atoms with Crippen LogP contribution < -0.4 is 11.1 Å². The van der Waals surface area contributed by atoms with E-state index in [0.29, 0.717) is 18.9 Å². The highest BCUT2D eigenvalue weighted by molar-refractivity contribution is 5.93. The fraction of sp³-hybridized carbons (Fsp3) is 0.357. The van der Waals surface area contributed by atoms with Gasteiger partial charge in [0.15, 0.2) is 0 Å². The van der Waals surface area contributed by atoms with E-state index in [1.807, 2.05) is 30.5 Å². The summed E-state index contributed by atoms with van der Waals surface area (Å²) in [4.78, 5) is 14.9. The first-order valence-corrected chi connectivity index (χ1v) is 6.26. The predicted molar refractivity (Wildman–Crippen MR) is 74.4 cm³/mol. The van der Waals surface area contributed by atoms with E-state index in [9.17, 15) is 4.79 Å².